The Morgan fingerprint density at radius 2 is 1.69 bits per heavy atom. The van der Waals surface area contributed by atoms with Crippen LogP contribution in [0.4, 0.5) is 0 Å². The Bertz CT molecular complexity index is 866. The van der Waals surface area contributed by atoms with E-state index >= 15 is 0 Å². The molecule has 2 aromatic rings. The largest absolute Gasteiger partial charge is 0.483 e. The van der Waals surface area contributed by atoms with E-state index in [1.54, 1.807) is 38.1 Å². The molecule has 152 valence electrons. The number of ether oxygens (including phenoxy) is 1. The van der Waals surface area contributed by atoms with Crippen molar-refractivity contribution in [3.8, 4) is 5.75 Å². The standard InChI is InChI=1S/C21H24N4O4/c1-15(2)24-20(27)21(28)25-23-13-17-10-6-7-11-18(17)29-14-19(26)22-12-16-8-4-3-5-9-16/h3-11,13,15H,12,14H2,1-2H3,(H,22,26)(H,24,27)(H,25,28)/b23-13-. The van der Waals surface area contributed by atoms with Crippen molar-refractivity contribution in [2.75, 3.05) is 6.61 Å². The molecule has 2 rings (SSSR count). The predicted molar refractivity (Wildman–Crippen MR) is 109 cm³/mol. The maximum atomic E-state index is 12.0. The quantitative estimate of drug-likeness (QED) is 0.356. The molecule has 0 aliphatic heterocycles. The summed E-state index contributed by atoms with van der Waals surface area (Å²) in [7, 11) is 0. The Hall–Kier alpha value is -3.68. The third kappa shape index (κ3) is 7.84. The highest BCUT2D eigenvalue weighted by Gasteiger charge is 2.13. The minimum atomic E-state index is -0.867. The molecule has 0 fully saturated rings. The van der Waals surface area contributed by atoms with E-state index in [4.69, 9.17) is 4.74 Å². The molecule has 0 saturated carbocycles. The van der Waals surface area contributed by atoms with Crippen molar-refractivity contribution in [2.24, 2.45) is 5.10 Å². The van der Waals surface area contributed by atoms with E-state index in [0.717, 1.165) is 5.56 Å². The van der Waals surface area contributed by atoms with Crippen molar-refractivity contribution >= 4 is 23.9 Å². The Kier molecular flexibility index (Phi) is 8.37. The van der Waals surface area contributed by atoms with Crippen LogP contribution in [-0.2, 0) is 20.9 Å². The number of rotatable bonds is 8. The first-order valence-electron chi connectivity index (χ1n) is 9.12. The summed E-state index contributed by atoms with van der Waals surface area (Å²) >= 11 is 0. The fraction of sp³-hybridized carbons (Fsp3) is 0.238. The van der Waals surface area contributed by atoms with Crippen LogP contribution < -0.4 is 20.8 Å². The molecule has 2 aromatic carbocycles. The lowest BCUT2D eigenvalue weighted by molar-refractivity contribution is -0.139. The number of hydrogen-bond donors (Lipinski definition) is 3. The van der Waals surface area contributed by atoms with Crippen LogP contribution in [0.15, 0.2) is 59.7 Å². The van der Waals surface area contributed by atoms with Gasteiger partial charge in [0.15, 0.2) is 6.61 Å². The number of hydrazone groups is 1. The van der Waals surface area contributed by atoms with Gasteiger partial charge in [-0.2, -0.15) is 5.10 Å². The van der Waals surface area contributed by atoms with Crippen molar-refractivity contribution in [3.63, 3.8) is 0 Å². The summed E-state index contributed by atoms with van der Waals surface area (Å²) in [6, 6.07) is 16.3. The van der Waals surface area contributed by atoms with Crippen LogP contribution >= 0.6 is 0 Å². The minimum absolute atomic E-state index is 0.153. The topological polar surface area (TPSA) is 109 Å². The third-order valence-corrected chi connectivity index (χ3v) is 3.61. The van der Waals surface area contributed by atoms with Gasteiger partial charge in [0, 0.05) is 18.2 Å². The zero-order chi connectivity index (χ0) is 21.1. The van der Waals surface area contributed by atoms with Gasteiger partial charge in [-0.15, -0.1) is 0 Å². The molecule has 0 aromatic heterocycles. The van der Waals surface area contributed by atoms with Crippen LogP contribution in [-0.4, -0.2) is 36.6 Å². The molecule has 0 atom stereocenters. The summed E-state index contributed by atoms with van der Waals surface area (Å²) in [5, 5.41) is 9.01. The van der Waals surface area contributed by atoms with Crippen molar-refractivity contribution < 1.29 is 19.1 Å². The summed E-state index contributed by atoms with van der Waals surface area (Å²) in [5.74, 6) is -1.48. The van der Waals surface area contributed by atoms with Gasteiger partial charge in [-0.05, 0) is 31.5 Å². The highest BCUT2D eigenvalue weighted by Crippen LogP contribution is 2.15. The summed E-state index contributed by atoms with van der Waals surface area (Å²) < 4.78 is 5.55. The minimum Gasteiger partial charge on any atom is -0.483 e. The van der Waals surface area contributed by atoms with Gasteiger partial charge in [0.1, 0.15) is 5.75 Å². The van der Waals surface area contributed by atoms with E-state index in [2.05, 4.69) is 21.2 Å². The molecule has 29 heavy (non-hydrogen) atoms. The number of carbonyl (C=O) groups excluding carboxylic acids is 3. The van der Waals surface area contributed by atoms with E-state index in [9.17, 15) is 14.4 Å². The molecule has 0 unspecified atom stereocenters. The number of para-hydroxylation sites is 1. The molecule has 0 bridgehead atoms. The number of amides is 3. The molecule has 8 nitrogen and oxygen atoms in total. The lowest BCUT2D eigenvalue weighted by atomic mass is 10.2. The molecular formula is C21H24N4O4. The van der Waals surface area contributed by atoms with Crippen LogP contribution in [0.5, 0.6) is 5.75 Å². The Labute approximate surface area is 169 Å². The highest BCUT2D eigenvalue weighted by atomic mass is 16.5. The van der Waals surface area contributed by atoms with Gasteiger partial charge in [-0.1, -0.05) is 42.5 Å². The average Bonchev–Trinajstić information content (AvgIpc) is 2.71. The molecular weight excluding hydrogens is 372 g/mol. The van der Waals surface area contributed by atoms with Crippen molar-refractivity contribution in [1.29, 1.82) is 0 Å². The molecule has 0 spiro atoms. The molecule has 8 heteroatoms. The summed E-state index contributed by atoms with van der Waals surface area (Å²) in [6.45, 7) is 3.74. The Morgan fingerprint density at radius 1 is 1.00 bits per heavy atom. The molecule has 0 radical (unpaired) electrons. The van der Waals surface area contributed by atoms with Gasteiger partial charge in [0.25, 0.3) is 5.91 Å². The summed E-state index contributed by atoms with van der Waals surface area (Å²) in [4.78, 5) is 35.2. The highest BCUT2D eigenvalue weighted by molar-refractivity contribution is 6.35. The molecule has 3 N–H and O–H groups in total. The fourth-order valence-corrected chi connectivity index (χ4v) is 2.25. The first-order valence-corrected chi connectivity index (χ1v) is 9.12. The molecule has 0 aliphatic carbocycles. The number of carbonyl (C=O) groups is 3. The van der Waals surface area contributed by atoms with Crippen LogP contribution in [0, 0.1) is 0 Å². The van der Waals surface area contributed by atoms with Crippen LogP contribution in [0.2, 0.25) is 0 Å². The second-order valence-corrected chi connectivity index (χ2v) is 6.42. The van der Waals surface area contributed by atoms with Gasteiger partial charge >= 0.3 is 11.8 Å². The zero-order valence-electron chi connectivity index (χ0n) is 16.3. The number of hydrogen-bond acceptors (Lipinski definition) is 5. The van der Waals surface area contributed by atoms with Gasteiger partial charge in [-0.25, -0.2) is 5.43 Å². The lowest BCUT2D eigenvalue weighted by Gasteiger charge is -2.10. The van der Waals surface area contributed by atoms with Gasteiger partial charge in [0.2, 0.25) is 0 Å². The normalized spacial score (nSPS) is 10.6. The fourth-order valence-electron chi connectivity index (χ4n) is 2.25. The van der Waals surface area contributed by atoms with E-state index in [0.29, 0.717) is 17.9 Å². The molecule has 0 heterocycles. The number of nitrogens with one attached hydrogen (secondary N) is 3. The van der Waals surface area contributed by atoms with Crippen molar-refractivity contribution in [1.82, 2.24) is 16.1 Å². The Balaban J connectivity index is 1.85. The second kappa shape index (κ2) is 11.2. The van der Waals surface area contributed by atoms with Crippen LogP contribution in [0.1, 0.15) is 25.0 Å². The summed E-state index contributed by atoms with van der Waals surface area (Å²) in [5.41, 5.74) is 3.69. The maximum absolute atomic E-state index is 12.0. The maximum Gasteiger partial charge on any atom is 0.329 e. The van der Waals surface area contributed by atoms with Crippen molar-refractivity contribution in [3.05, 3.63) is 65.7 Å². The average molecular weight is 396 g/mol. The monoisotopic (exact) mass is 396 g/mol. The molecule has 3 amide bonds. The van der Waals surface area contributed by atoms with Gasteiger partial charge < -0.3 is 15.4 Å². The SMILES string of the molecule is CC(C)NC(=O)C(=O)N/N=C\c1ccccc1OCC(=O)NCc1ccccc1. The number of nitrogens with zero attached hydrogens (tertiary/aromatic N) is 1. The lowest BCUT2D eigenvalue weighted by Crippen LogP contribution is -2.41. The van der Waals surface area contributed by atoms with Gasteiger partial charge in [0.05, 0.1) is 6.21 Å². The predicted octanol–water partition coefficient (Wildman–Crippen LogP) is 1.36. The van der Waals surface area contributed by atoms with Crippen molar-refractivity contribution in [2.45, 2.75) is 26.4 Å². The van der Waals surface area contributed by atoms with Crippen LogP contribution in [0.3, 0.4) is 0 Å². The summed E-state index contributed by atoms with van der Waals surface area (Å²) in [6.07, 6.45) is 1.35. The second-order valence-electron chi connectivity index (χ2n) is 6.42. The van der Waals surface area contributed by atoms with Crippen LogP contribution in [0.25, 0.3) is 0 Å². The zero-order valence-corrected chi connectivity index (χ0v) is 16.3. The first-order chi connectivity index (χ1) is 14.0. The third-order valence-electron chi connectivity index (χ3n) is 3.61. The molecule has 0 aliphatic rings. The van der Waals surface area contributed by atoms with E-state index in [1.165, 1.54) is 6.21 Å². The number of benzene rings is 2. The molecule has 0 saturated heterocycles. The smallest absolute Gasteiger partial charge is 0.329 e. The van der Waals surface area contributed by atoms with E-state index in [-0.39, 0.29) is 18.6 Å². The van der Waals surface area contributed by atoms with E-state index < -0.39 is 11.8 Å². The van der Waals surface area contributed by atoms with Gasteiger partial charge in [-0.3, -0.25) is 14.4 Å². The Morgan fingerprint density at radius 3 is 2.41 bits per heavy atom. The van der Waals surface area contributed by atoms with E-state index in [1.807, 2.05) is 30.3 Å². The first kappa shape index (κ1) is 21.6.